The first-order valence-electron chi connectivity index (χ1n) is 10.7. The predicted octanol–water partition coefficient (Wildman–Crippen LogP) is 4.02. The summed E-state index contributed by atoms with van der Waals surface area (Å²) < 4.78 is 0. The van der Waals surface area contributed by atoms with Gasteiger partial charge in [-0.3, -0.25) is 15.0 Å². The summed E-state index contributed by atoms with van der Waals surface area (Å²) in [7, 11) is 0. The minimum absolute atomic E-state index is 0.0524. The number of hydrogen-bond donors (Lipinski definition) is 2. The number of carbonyl (C=O) groups is 2. The molecule has 0 spiro atoms. The molecule has 5 heteroatoms. The molecule has 2 aliphatic rings. The van der Waals surface area contributed by atoms with Gasteiger partial charge < -0.3 is 5.32 Å². The van der Waals surface area contributed by atoms with Crippen molar-refractivity contribution in [2.45, 2.75) is 57.7 Å². The van der Waals surface area contributed by atoms with E-state index in [9.17, 15) is 9.59 Å². The van der Waals surface area contributed by atoms with Crippen LogP contribution in [0.3, 0.4) is 0 Å². The normalized spacial score (nSPS) is 19.2. The Labute approximate surface area is 172 Å². The second-order valence-corrected chi connectivity index (χ2v) is 8.09. The Kier molecular flexibility index (Phi) is 6.25. The molecule has 29 heavy (non-hydrogen) atoms. The molecule has 2 aromatic carbocycles. The first-order chi connectivity index (χ1) is 14.2. The molecular weight excluding hydrogens is 362 g/mol. The van der Waals surface area contributed by atoms with Crippen LogP contribution >= 0.6 is 0 Å². The van der Waals surface area contributed by atoms with Crippen molar-refractivity contribution in [2.24, 2.45) is 0 Å². The number of nitrogens with zero attached hydrogens (tertiary/aromatic N) is 1. The van der Waals surface area contributed by atoms with E-state index in [2.05, 4.69) is 33.7 Å². The molecule has 0 saturated carbocycles. The number of nitrogens with one attached hydrogen (secondary N) is 2. The molecule has 3 amide bonds. The summed E-state index contributed by atoms with van der Waals surface area (Å²) in [5.41, 5.74) is 4.77. The van der Waals surface area contributed by atoms with Crippen LogP contribution in [0.4, 0.5) is 4.79 Å². The van der Waals surface area contributed by atoms with E-state index in [4.69, 9.17) is 0 Å². The molecule has 1 fully saturated rings. The van der Waals surface area contributed by atoms with Crippen molar-refractivity contribution in [3.8, 4) is 0 Å². The predicted molar refractivity (Wildman–Crippen MR) is 114 cm³/mol. The van der Waals surface area contributed by atoms with Gasteiger partial charge in [-0.25, -0.2) is 4.79 Å². The third-order valence-corrected chi connectivity index (χ3v) is 5.97. The van der Waals surface area contributed by atoms with Crippen LogP contribution in [0.1, 0.15) is 59.2 Å². The summed E-state index contributed by atoms with van der Waals surface area (Å²) in [6.07, 6.45) is 8.00. The highest BCUT2D eigenvalue weighted by Gasteiger charge is 2.25. The highest BCUT2D eigenvalue weighted by Crippen LogP contribution is 2.24. The van der Waals surface area contributed by atoms with Crippen LogP contribution in [0.2, 0.25) is 0 Å². The number of piperidine rings is 1. The maximum absolute atomic E-state index is 12.4. The molecule has 2 N–H and O–H groups in total. The number of aryl methyl sites for hydroxylation is 2. The van der Waals surface area contributed by atoms with Gasteiger partial charge in [0.05, 0.1) is 6.17 Å². The maximum Gasteiger partial charge on any atom is 0.322 e. The van der Waals surface area contributed by atoms with E-state index >= 15 is 0 Å². The van der Waals surface area contributed by atoms with Crippen LogP contribution in [0, 0.1) is 0 Å². The lowest BCUT2D eigenvalue weighted by molar-refractivity contribution is 0.0943. The topological polar surface area (TPSA) is 61.4 Å². The molecule has 1 aliphatic heterocycles. The second kappa shape index (κ2) is 9.23. The zero-order chi connectivity index (χ0) is 20.1. The van der Waals surface area contributed by atoms with Gasteiger partial charge in [0.1, 0.15) is 0 Å². The van der Waals surface area contributed by atoms with Crippen molar-refractivity contribution in [2.75, 3.05) is 6.54 Å². The summed E-state index contributed by atoms with van der Waals surface area (Å²) in [6.45, 7) is 1.78. The zero-order valence-electron chi connectivity index (χ0n) is 16.8. The Morgan fingerprint density at radius 3 is 2.55 bits per heavy atom. The van der Waals surface area contributed by atoms with Crippen molar-refractivity contribution < 1.29 is 9.59 Å². The molecule has 0 radical (unpaired) electrons. The SMILES string of the molecule is O=C(NC(=O)c1ccccc1)NC1CCCCN1Cc1ccc2c(c1)CCCC2. The monoisotopic (exact) mass is 391 g/mol. The Balaban J connectivity index is 1.37. The number of hydrogen-bond acceptors (Lipinski definition) is 3. The van der Waals surface area contributed by atoms with Crippen molar-refractivity contribution in [1.82, 2.24) is 15.5 Å². The van der Waals surface area contributed by atoms with E-state index in [1.165, 1.54) is 42.4 Å². The molecule has 0 aromatic heterocycles. The minimum Gasteiger partial charge on any atom is -0.322 e. The molecule has 1 aliphatic carbocycles. The van der Waals surface area contributed by atoms with E-state index < -0.39 is 6.03 Å². The van der Waals surface area contributed by atoms with E-state index in [1.807, 2.05) is 6.07 Å². The largest absolute Gasteiger partial charge is 0.322 e. The molecule has 1 unspecified atom stereocenters. The molecule has 5 nitrogen and oxygen atoms in total. The lowest BCUT2D eigenvalue weighted by atomic mass is 9.90. The number of imide groups is 1. The summed E-state index contributed by atoms with van der Waals surface area (Å²) in [5.74, 6) is -0.375. The first-order valence-corrected chi connectivity index (χ1v) is 10.7. The molecule has 1 heterocycles. The van der Waals surface area contributed by atoms with Crippen LogP contribution in [-0.2, 0) is 19.4 Å². The van der Waals surface area contributed by atoms with Crippen molar-refractivity contribution in [1.29, 1.82) is 0 Å². The van der Waals surface area contributed by atoms with Crippen LogP contribution < -0.4 is 10.6 Å². The third kappa shape index (κ3) is 5.04. The van der Waals surface area contributed by atoms with E-state index in [0.29, 0.717) is 5.56 Å². The summed E-state index contributed by atoms with van der Waals surface area (Å²) in [6, 6.07) is 15.2. The van der Waals surface area contributed by atoms with Crippen LogP contribution in [-0.4, -0.2) is 29.5 Å². The minimum atomic E-state index is -0.429. The van der Waals surface area contributed by atoms with Crippen LogP contribution in [0.5, 0.6) is 0 Å². The quantitative estimate of drug-likeness (QED) is 0.828. The van der Waals surface area contributed by atoms with Gasteiger partial charge in [-0.2, -0.15) is 0 Å². The summed E-state index contributed by atoms with van der Waals surface area (Å²) >= 11 is 0. The lowest BCUT2D eigenvalue weighted by Gasteiger charge is -2.36. The molecule has 1 atom stereocenters. The van der Waals surface area contributed by atoms with Gasteiger partial charge in [0.15, 0.2) is 0 Å². The lowest BCUT2D eigenvalue weighted by Crippen LogP contribution is -2.53. The Hall–Kier alpha value is -2.66. The van der Waals surface area contributed by atoms with Gasteiger partial charge in [-0.1, -0.05) is 36.4 Å². The van der Waals surface area contributed by atoms with Gasteiger partial charge >= 0.3 is 6.03 Å². The van der Waals surface area contributed by atoms with Gasteiger partial charge in [-0.15, -0.1) is 0 Å². The van der Waals surface area contributed by atoms with Crippen LogP contribution in [0.25, 0.3) is 0 Å². The fourth-order valence-corrected chi connectivity index (χ4v) is 4.42. The molecule has 1 saturated heterocycles. The van der Waals surface area contributed by atoms with E-state index in [-0.39, 0.29) is 12.1 Å². The Morgan fingerprint density at radius 1 is 0.931 bits per heavy atom. The third-order valence-electron chi connectivity index (χ3n) is 5.97. The van der Waals surface area contributed by atoms with Crippen molar-refractivity contribution in [3.05, 3.63) is 70.8 Å². The molecular formula is C24H29N3O2. The number of likely N-dealkylation sites (tertiary alicyclic amines) is 1. The highest BCUT2D eigenvalue weighted by atomic mass is 16.2. The van der Waals surface area contributed by atoms with Gasteiger partial charge in [0.25, 0.3) is 5.91 Å². The van der Waals surface area contributed by atoms with E-state index in [1.54, 1.807) is 24.3 Å². The van der Waals surface area contributed by atoms with E-state index in [0.717, 1.165) is 32.4 Å². The average Bonchev–Trinajstić information content (AvgIpc) is 2.75. The number of carbonyl (C=O) groups excluding carboxylic acids is 2. The zero-order valence-corrected chi connectivity index (χ0v) is 16.8. The number of amides is 3. The van der Waals surface area contributed by atoms with Gasteiger partial charge in [0.2, 0.25) is 0 Å². The van der Waals surface area contributed by atoms with Crippen molar-refractivity contribution in [3.63, 3.8) is 0 Å². The standard InChI is InChI=1S/C24H29N3O2/c28-23(20-9-2-1-3-10-20)26-24(29)25-22-12-6-7-15-27(22)17-18-13-14-19-8-4-5-11-21(19)16-18/h1-3,9-10,13-14,16,22H,4-8,11-12,15,17H2,(H2,25,26,28,29). The Morgan fingerprint density at radius 2 is 1.72 bits per heavy atom. The fraction of sp³-hybridized carbons (Fsp3) is 0.417. The molecule has 152 valence electrons. The second-order valence-electron chi connectivity index (χ2n) is 8.09. The average molecular weight is 392 g/mol. The Bertz CT molecular complexity index is 866. The summed E-state index contributed by atoms with van der Waals surface area (Å²) in [4.78, 5) is 27.0. The number of urea groups is 1. The maximum atomic E-state index is 12.4. The fourth-order valence-electron chi connectivity index (χ4n) is 4.42. The molecule has 2 aromatic rings. The number of rotatable bonds is 4. The first kappa shape index (κ1) is 19.6. The highest BCUT2D eigenvalue weighted by molar-refractivity contribution is 6.04. The van der Waals surface area contributed by atoms with Crippen molar-refractivity contribution >= 4 is 11.9 Å². The smallest absolute Gasteiger partial charge is 0.322 e. The molecule has 0 bridgehead atoms. The number of fused-ring (bicyclic) bond motifs is 1. The van der Waals surface area contributed by atoms with Gasteiger partial charge in [-0.05, 0) is 73.8 Å². The molecule has 4 rings (SSSR count). The number of benzene rings is 2. The van der Waals surface area contributed by atoms with Gasteiger partial charge in [0, 0.05) is 18.7 Å². The van der Waals surface area contributed by atoms with Crippen LogP contribution in [0.15, 0.2) is 48.5 Å². The summed E-state index contributed by atoms with van der Waals surface area (Å²) in [5, 5.41) is 5.46.